The second-order valence-electron chi connectivity index (χ2n) is 3.04. The molecule has 1 aromatic rings. The van der Waals surface area contributed by atoms with E-state index in [0.29, 0.717) is 6.54 Å². The smallest absolute Gasteiger partial charge is 0.325 e. The number of esters is 1. The molecule has 0 aromatic carbocycles. The van der Waals surface area contributed by atoms with E-state index < -0.39 is 11.9 Å². The predicted octanol–water partition coefficient (Wildman–Crippen LogP) is -0.775. The van der Waals surface area contributed by atoms with Crippen LogP contribution in [-0.4, -0.2) is 57.6 Å². The number of ether oxygens (including phenoxy) is 1. The van der Waals surface area contributed by atoms with Crippen molar-refractivity contribution < 1.29 is 14.3 Å². The van der Waals surface area contributed by atoms with E-state index in [1.54, 1.807) is 0 Å². The van der Waals surface area contributed by atoms with Gasteiger partial charge in [0.1, 0.15) is 6.54 Å². The van der Waals surface area contributed by atoms with Crippen molar-refractivity contribution in [3.8, 4) is 0 Å². The molecule has 8 heteroatoms. The van der Waals surface area contributed by atoms with Crippen LogP contribution in [0.3, 0.4) is 0 Å². The van der Waals surface area contributed by atoms with Crippen LogP contribution < -0.4 is 0 Å². The molecule has 1 amide bonds. The number of amides is 1. The molecule has 1 heterocycles. The Morgan fingerprint density at radius 1 is 1.50 bits per heavy atom. The van der Waals surface area contributed by atoms with Crippen LogP contribution in [-0.2, 0) is 9.53 Å². The standard InChI is InChI=1S/C8H13N5O3/c1-3-4-13(5-6(14)16-2)8(15)7-9-11-12-10-7/h3-5H2,1-2H3,(H,9,10,11,12). The van der Waals surface area contributed by atoms with Gasteiger partial charge in [-0.2, -0.15) is 5.21 Å². The second-order valence-corrected chi connectivity index (χ2v) is 3.04. The third-order valence-electron chi connectivity index (χ3n) is 1.86. The van der Waals surface area contributed by atoms with E-state index in [1.807, 2.05) is 6.92 Å². The molecule has 0 unspecified atom stereocenters. The van der Waals surface area contributed by atoms with Crippen LogP contribution in [0.25, 0.3) is 0 Å². The van der Waals surface area contributed by atoms with E-state index in [1.165, 1.54) is 12.0 Å². The van der Waals surface area contributed by atoms with Crippen molar-refractivity contribution in [1.82, 2.24) is 25.5 Å². The number of rotatable bonds is 5. The first-order valence-corrected chi connectivity index (χ1v) is 4.78. The number of nitrogens with one attached hydrogen (secondary N) is 1. The normalized spacial score (nSPS) is 9.88. The highest BCUT2D eigenvalue weighted by Crippen LogP contribution is 1.99. The van der Waals surface area contributed by atoms with Gasteiger partial charge in [0, 0.05) is 6.54 Å². The van der Waals surface area contributed by atoms with Gasteiger partial charge in [0.15, 0.2) is 0 Å². The average molecular weight is 227 g/mol. The number of H-pyrrole nitrogens is 1. The van der Waals surface area contributed by atoms with E-state index in [4.69, 9.17) is 0 Å². The molecule has 0 atom stereocenters. The lowest BCUT2D eigenvalue weighted by Crippen LogP contribution is -2.37. The van der Waals surface area contributed by atoms with Crippen LogP contribution in [0.4, 0.5) is 0 Å². The number of methoxy groups -OCH3 is 1. The summed E-state index contributed by atoms with van der Waals surface area (Å²) in [5.41, 5.74) is 0. The van der Waals surface area contributed by atoms with Crippen LogP contribution in [0.15, 0.2) is 0 Å². The zero-order chi connectivity index (χ0) is 12.0. The maximum Gasteiger partial charge on any atom is 0.325 e. The fourth-order valence-corrected chi connectivity index (χ4v) is 1.14. The Labute approximate surface area is 92.0 Å². The highest BCUT2D eigenvalue weighted by Gasteiger charge is 2.21. The summed E-state index contributed by atoms with van der Waals surface area (Å²) in [7, 11) is 1.27. The lowest BCUT2D eigenvalue weighted by molar-refractivity contribution is -0.141. The van der Waals surface area contributed by atoms with Crippen LogP contribution in [0.1, 0.15) is 24.0 Å². The third-order valence-corrected chi connectivity index (χ3v) is 1.86. The lowest BCUT2D eigenvalue weighted by atomic mass is 10.3. The Kier molecular flexibility index (Phi) is 4.37. The minimum Gasteiger partial charge on any atom is -0.468 e. The lowest BCUT2D eigenvalue weighted by Gasteiger charge is -2.18. The van der Waals surface area contributed by atoms with Gasteiger partial charge in [-0.25, -0.2) is 0 Å². The molecule has 0 bridgehead atoms. The molecule has 88 valence electrons. The van der Waals surface area contributed by atoms with Gasteiger partial charge in [-0.1, -0.05) is 6.92 Å². The fourth-order valence-electron chi connectivity index (χ4n) is 1.14. The van der Waals surface area contributed by atoms with Gasteiger partial charge in [-0.3, -0.25) is 9.59 Å². The molecule has 0 saturated carbocycles. The van der Waals surface area contributed by atoms with Crippen molar-refractivity contribution in [1.29, 1.82) is 0 Å². The van der Waals surface area contributed by atoms with E-state index in [9.17, 15) is 9.59 Å². The zero-order valence-corrected chi connectivity index (χ0v) is 9.13. The molecule has 8 nitrogen and oxygen atoms in total. The second kappa shape index (κ2) is 5.79. The largest absolute Gasteiger partial charge is 0.468 e. The SMILES string of the molecule is CCCN(CC(=O)OC)C(=O)c1nn[nH]n1. The molecule has 1 rings (SSSR count). The fraction of sp³-hybridized carbons (Fsp3) is 0.625. The first-order valence-electron chi connectivity index (χ1n) is 4.78. The molecule has 0 spiro atoms. The number of hydrogen-bond acceptors (Lipinski definition) is 6. The first kappa shape index (κ1) is 12.1. The topological polar surface area (TPSA) is 101 Å². The monoisotopic (exact) mass is 227 g/mol. The number of aromatic nitrogens is 4. The summed E-state index contributed by atoms with van der Waals surface area (Å²) in [6.07, 6.45) is 0.723. The quantitative estimate of drug-likeness (QED) is 0.662. The summed E-state index contributed by atoms with van der Waals surface area (Å²) in [5, 5.41) is 12.6. The number of aromatic amines is 1. The molecule has 0 fully saturated rings. The summed E-state index contributed by atoms with van der Waals surface area (Å²) in [4.78, 5) is 24.2. The average Bonchev–Trinajstić information content (AvgIpc) is 2.80. The number of hydrogen-bond donors (Lipinski definition) is 1. The Bertz CT molecular complexity index is 351. The summed E-state index contributed by atoms with van der Waals surface area (Å²) in [6.45, 7) is 2.22. The Morgan fingerprint density at radius 2 is 2.25 bits per heavy atom. The molecule has 0 saturated heterocycles. The van der Waals surface area contributed by atoms with Gasteiger partial charge in [0.05, 0.1) is 7.11 Å². The van der Waals surface area contributed by atoms with Gasteiger partial charge < -0.3 is 9.64 Å². The van der Waals surface area contributed by atoms with Gasteiger partial charge in [-0.15, -0.1) is 10.2 Å². The predicted molar refractivity (Wildman–Crippen MR) is 52.4 cm³/mol. The van der Waals surface area contributed by atoms with E-state index in [2.05, 4.69) is 25.4 Å². The van der Waals surface area contributed by atoms with Crippen LogP contribution in [0.5, 0.6) is 0 Å². The number of carbonyl (C=O) groups is 2. The molecular weight excluding hydrogens is 214 g/mol. The summed E-state index contributed by atoms with van der Waals surface area (Å²) < 4.78 is 4.50. The van der Waals surface area contributed by atoms with Crippen molar-refractivity contribution >= 4 is 11.9 Å². The molecule has 0 radical (unpaired) electrons. The highest BCUT2D eigenvalue weighted by atomic mass is 16.5. The zero-order valence-electron chi connectivity index (χ0n) is 9.13. The van der Waals surface area contributed by atoms with Crippen LogP contribution >= 0.6 is 0 Å². The van der Waals surface area contributed by atoms with Crippen molar-refractivity contribution in [3.05, 3.63) is 5.82 Å². The van der Waals surface area contributed by atoms with Gasteiger partial charge in [-0.05, 0) is 11.6 Å². The van der Waals surface area contributed by atoms with E-state index >= 15 is 0 Å². The first-order chi connectivity index (χ1) is 7.69. The van der Waals surface area contributed by atoms with Crippen molar-refractivity contribution in [2.75, 3.05) is 20.2 Å². The van der Waals surface area contributed by atoms with E-state index in [-0.39, 0.29) is 12.4 Å². The third kappa shape index (κ3) is 3.01. The Balaban J connectivity index is 2.69. The number of carbonyl (C=O) groups excluding carboxylic acids is 2. The molecule has 16 heavy (non-hydrogen) atoms. The van der Waals surface area contributed by atoms with Gasteiger partial charge in [0.2, 0.25) is 0 Å². The van der Waals surface area contributed by atoms with Gasteiger partial charge >= 0.3 is 5.97 Å². The minimum absolute atomic E-state index is 0.0580. The number of tetrazole rings is 1. The Morgan fingerprint density at radius 3 is 2.75 bits per heavy atom. The van der Waals surface area contributed by atoms with Crippen LogP contribution in [0.2, 0.25) is 0 Å². The van der Waals surface area contributed by atoms with Crippen molar-refractivity contribution in [2.24, 2.45) is 0 Å². The van der Waals surface area contributed by atoms with Crippen molar-refractivity contribution in [3.63, 3.8) is 0 Å². The molecule has 0 aliphatic carbocycles. The molecule has 1 aromatic heterocycles. The highest BCUT2D eigenvalue weighted by molar-refractivity contribution is 5.92. The van der Waals surface area contributed by atoms with Gasteiger partial charge in [0.25, 0.3) is 11.7 Å². The molecule has 0 aliphatic heterocycles. The van der Waals surface area contributed by atoms with Crippen molar-refractivity contribution in [2.45, 2.75) is 13.3 Å². The molecule has 1 N–H and O–H groups in total. The Hall–Kier alpha value is -1.99. The van der Waals surface area contributed by atoms with Crippen LogP contribution in [0, 0.1) is 0 Å². The summed E-state index contributed by atoms with van der Waals surface area (Å²) in [5.74, 6) is -0.983. The summed E-state index contributed by atoms with van der Waals surface area (Å²) in [6, 6.07) is 0. The number of nitrogens with zero attached hydrogens (tertiary/aromatic N) is 4. The molecule has 0 aliphatic rings. The maximum absolute atomic E-state index is 11.8. The summed E-state index contributed by atoms with van der Waals surface area (Å²) >= 11 is 0. The minimum atomic E-state index is -0.481. The molecular formula is C8H13N5O3. The maximum atomic E-state index is 11.8. The van der Waals surface area contributed by atoms with E-state index in [0.717, 1.165) is 6.42 Å².